The van der Waals surface area contributed by atoms with Gasteiger partial charge in [0.25, 0.3) is 11.8 Å². The van der Waals surface area contributed by atoms with E-state index in [0.717, 1.165) is 12.1 Å². The second kappa shape index (κ2) is 10.7. The number of phenolic OH excluding ortho intramolecular Hbond substituents is 1. The highest BCUT2D eigenvalue weighted by atomic mass is 19.1. The molecule has 2 aromatic carbocycles. The van der Waals surface area contributed by atoms with Gasteiger partial charge in [-0.15, -0.1) is 0 Å². The van der Waals surface area contributed by atoms with E-state index in [-0.39, 0.29) is 36.1 Å². The lowest BCUT2D eigenvalue weighted by Crippen LogP contribution is -2.33. The molecule has 0 aromatic heterocycles. The number of benzene rings is 2. The fourth-order valence-corrected chi connectivity index (χ4v) is 2.41. The Labute approximate surface area is 166 Å². The van der Waals surface area contributed by atoms with Crippen LogP contribution in [-0.4, -0.2) is 42.5 Å². The van der Waals surface area contributed by atoms with Crippen LogP contribution in [0.3, 0.4) is 0 Å². The number of hydrogen-bond donors (Lipinski definition) is 4. The number of rotatable bonds is 9. The molecule has 0 fully saturated rings. The van der Waals surface area contributed by atoms with Crippen LogP contribution in [0.1, 0.15) is 33.6 Å². The minimum atomic E-state index is -0.972. The van der Waals surface area contributed by atoms with E-state index in [9.17, 15) is 28.3 Å². The smallest absolute Gasteiger partial charge is 0.254 e. The minimum Gasteiger partial charge on any atom is -0.508 e. The summed E-state index contributed by atoms with van der Waals surface area (Å²) in [5.74, 6) is -3.13. The Hall–Kier alpha value is -3.49. The van der Waals surface area contributed by atoms with Gasteiger partial charge < -0.3 is 21.1 Å². The van der Waals surface area contributed by atoms with Crippen molar-refractivity contribution in [3.63, 3.8) is 0 Å². The quantitative estimate of drug-likeness (QED) is 0.477. The fourth-order valence-electron chi connectivity index (χ4n) is 2.41. The highest BCUT2D eigenvalue weighted by Crippen LogP contribution is 2.10. The first-order valence-electron chi connectivity index (χ1n) is 8.94. The monoisotopic (exact) mass is 405 g/mol. The molecule has 0 bridgehead atoms. The first kappa shape index (κ1) is 21.8. The first-order valence-corrected chi connectivity index (χ1v) is 8.94. The van der Waals surface area contributed by atoms with Crippen LogP contribution in [0, 0.1) is 11.6 Å². The van der Waals surface area contributed by atoms with E-state index < -0.39 is 17.5 Å². The Kier molecular flexibility index (Phi) is 8.08. The van der Waals surface area contributed by atoms with Gasteiger partial charge >= 0.3 is 0 Å². The van der Waals surface area contributed by atoms with E-state index in [0.29, 0.717) is 31.1 Å². The van der Waals surface area contributed by atoms with Crippen LogP contribution in [0.15, 0.2) is 42.5 Å². The van der Waals surface area contributed by atoms with E-state index >= 15 is 0 Å². The molecule has 0 atom stereocenters. The summed E-state index contributed by atoms with van der Waals surface area (Å²) in [7, 11) is 0. The van der Waals surface area contributed by atoms with Gasteiger partial charge in [0.05, 0.1) is 5.56 Å². The van der Waals surface area contributed by atoms with Crippen molar-refractivity contribution in [2.75, 3.05) is 19.6 Å². The van der Waals surface area contributed by atoms with Crippen LogP contribution in [0.2, 0.25) is 0 Å². The Morgan fingerprint density at radius 2 is 1.59 bits per heavy atom. The molecule has 7 nitrogen and oxygen atoms in total. The number of halogens is 2. The molecule has 0 spiro atoms. The van der Waals surface area contributed by atoms with E-state index in [1.165, 1.54) is 12.1 Å². The van der Waals surface area contributed by atoms with Crippen molar-refractivity contribution in [3.05, 3.63) is 65.2 Å². The summed E-state index contributed by atoms with van der Waals surface area (Å²) in [6.07, 6.45) is 0.480. The average Bonchev–Trinajstić information content (AvgIpc) is 2.67. The van der Waals surface area contributed by atoms with Crippen molar-refractivity contribution in [1.82, 2.24) is 16.0 Å². The molecule has 9 heteroatoms. The highest BCUT2D eigenvalue weighted by molar-refractivity contribution is 5.95. The molecule has 29 heavy (non-hydrogen) atoms. The lowest BCUT2D eigenvalue weighted by molar-refractivity contribution is -0.120. The van der Waals surface area contributed by atoms with Crippen molar-refractivity contribution in [1.29, 1.82) is 0 Å². The van der Waals surface area contributed by atoms with Crippen molar-refractivity contribution >= 4 is 17.7 Å². The number of nitrogens with one attached hydrogen (secondary N) is 3. The zero-order chi connectivity index (χ0) is 21.2. The van der Waals surface area contributed by atoms with Gasteiger partial charge in [0.1, 0.15) is 17.4 Å². The number of hydrogen-bond acceptors (Lipinski definition) is 4. The maximum absolute atomic E-state index is 13.5. The summed E-state index contributed by atoms with van der Waals surface area (Å²) >= 11 is 0. The Balaban J connectivity index is 1.59. The van der Waals surface area contributed by atoms with E-state index in [1.54, 1.807) is 12.1 Å². The van der Waals surface area contributed by atoms with Gasteiger partial charge in [-0.05, 0) is 36.8 Å². The molecule has 0 saturated heterocycles. The molecule has 0 aliphatic rings. The van der Waals surface area contributed by atoms with Gasteiger partial charge in [0, 0.05) is 37.7 Å². The van der Waals surface area contributed by atoms with Crippen LogP contribution >= 0.6 is 0 Å². The molecule has 2 aromatic rings. The lowest BCUT2D eigenvalue weighted by atomic mass is 10.2. The van der Waals surface area contributed by atoms with Crippen LogP contribution in [0.4, 0.5) is 8.78 Å². The number of aromatic hydroxyl groups is 1. The molecule has 4 N–H and O–H groups in total. The summed E-state index contributed by atoms with van der Waals surface area (Å²) < 4.78 is 26.3. The lowest BCUT2D eigenvalue weighted by Gasteiger charge is -2.08. The molecule has 0 radical (unpaired) electrons. The summed E-state index contributed by atoms with van der Waals surface area (Å²) in [4.78, 5) is 35.4. The second-order valence-electron chi connectivity index (χ2n) is 6.14. The Bertz CT molecular complexity index is 890. The van der Waals surface area contributed by atoms with Crippen molar-refractivity contribution in [3.8, 4) is 5.75 Å². The van der Waals surface area contributed by atoms with Gasteiger partial charge in [-0.3, -0.25) is 14.4 Å². The van der Waals surface area contributed by atoms with E-state index in [4.69, 9.17) is 0 Å². The third kappa shape index (κ3) is 7.21. The molecule has 0 aliphatic carbocycles. The largest absolute Gasteiger partial charge is 0.508 e. The topological polar surface area (TPSA) is 108 Å². The normalized spacial score (nSPS) is 10.3. The Morgan fingerprint density at radius 1 is 0.862 bits per heavy atom. The van der Waals surface area contributed by atoms with Crippen LogP contribution in [0.5, 0.6) is 5.75 Å². The molecular weight excluding hydrogens is 384 g/mol. The molecule has 0 unspecified atom stereocenters. The highest BCUT2D eigenvalue weighted by Gasteiger charge is 2.12. The maximum Gasteiger partial charge on any atom is 0.254 e. The zero-order valence-corrected chi connectivity index (χ0v) is 15.5. The molecule has 0 heterocycles. The summed E-state index contributed by atoms with van der Waals surface area (Å²) in [6.45, 7) is 0.644. The molecule has 2 rings (SSSR count). The van der Waals surface area contributed by atoms with E-state index in [1.807, 2.05) is 0 Å². The van der Waals surface area contributed by atoms with Crippen molar-refractivity contribution in [2.24, 2.45) is 0 Å². The van der Waals surface area contributed by atoms with Gasteiger partial charge in [0.15, 0.2) is 0 Å². The third-order valence-electron chi connectivity index (χ3n) is 3.88. The first-order chi connectivity index (χ1) is 13.9. The molecule has 0 aliphatic heterocycles. The standard InChI is InChI=1S/C20H21F2N3O4/c21-14-5-6-16(17(22)12-14)20(29)25-10-7-18(27)23-8-2-9-24-19(28)13-3-1-4-15(26)11-13/h1,3-6,11-12,26H,2,7-10H2,(H,23,27)(H,24,28)(H,25,29). The van der Waals surface area contributed by atoms with Crippen molar-refractivity contribution in [2.45, 2.75) is 12.8 Å². The van der Waals surface area contributed by atoms with Crippen LogP contribution < -0.4 is 16.0 Å². The molecule has 0 saturated carbocycles. The summed E-state index contributed by atoms with van der Waals surface area (Å²) in [6, 6.07) is 8.57. The predicted octanol–water partition coefficient (Wildman–Crippen LogP) is 1.73. The number of carbonyl (C=O) groups excluding carboxylic acids is 3. The van der Waals surface area contributed by atoms with Crippen LogP contribution in [0.25, 0.3) is 0 Å². The second-order valence-corrected chi connectivity index (χ2v) is 6.14. The number of amides is 3. The van der Waals surface area contributed by atoms with Gasteiger partial charge in [-0.25, -0.2) is 8.78 Å². The predicted molar refractivity (Wildman–Crippen MR) is 101 cm³/mol. The van der Waals surface area contributed by atoms with Gasteiger partial charge in [0.2, 0.25) is 5.91 Å². The molecule has 154 valence electrons. The van der Waals surface area contributed by atoms with Crippen molar-refractivity contribution < 1.29 is 28.3 Å². The van der Waals surface area contributed by atoms with Crippen LogP contribution in [-0.2, 0) is 4.79 Å². The fraction of sp³-hybridized carbons (Fsp3) is 0.250. The summed E-state index contributed by atoms with van der Waals surface area (Å²) in [5, 5.41) is 17.0. The number of carbonyl (C=O) groups is 3. The van der Waals surface area contributed by atoms with Gasteiger partial charge in [-0.2, -0.15) is 0 Å². The maximum atomic E-state index is 13.5. The van der Waals surface area contributed by atoms with E-state index in [2.05, 4.69) is 16.0 Å². The molecule has 3 amide bonds. The zero-order valence-electron chi connectivity index (χ0n) is 15.5. The average molecular weight is 405 g/mol. The van der Waals surface area contributed by atoms with Gasteiger partial charge in [-0.1, -0.05) is 6.07 Å². The SMILES string of the molecule is O=C(CCNC(=O)c1ccc(F)cc1F)NCCCNC(=O)c1cccc(O)c1. The Morgan fingerprint density at radius 3 is 2.31 bits per heavy atom. The minimum absolute atomic E-state index is 0.000768. The summed E-state index contributed by atoms with van der Waals surface area (Å²) in [5.41, 5.74) is 0.0386. The third-order valence-corrected chi connectivity index (χ3v) is 3.88. The number of phenols is 1. The molecular formula is C20H21F2N3O4.